The van der Waals surface area contributed by atoms with Crippen molar-refractivity contribution in [1.29, 1.82) is 0 Å². The lowest BCUT2D eigenvalue weighted by Gasteiger charge is -2.18. The van der Waals surface area contributed by atoms with Gasteiger partial charge in [-0.05, 0) is 55.0 Å². The second kappa shape index (κ2) is 6.61. The number of sulfonamides is 1. The number of hydrogen-bond donors (Lipinski definition) is 1. The summed E-state index contributed by atoms with van der Waals surface area (Å²) in [5, 5.41) is 0. The lowest BCUT2D eigenvalue weighted by atomic mass is 10.0. The molecule has 27 heavy (non-hydrogen) atoms. The van der Waals surface area contributed by atoms with E-state index in [9.17, 15) is 13.2 Å². The minimum absolute atomic E-state index is 0.0501. The summed E-state index contributed by atoms with van der Waals surface area (Å²) in [6.07, 6.45) is 5.46. The van der Waals surface area contributed by atoms with E-state index < -0.39 is 15.8 Å². The van der Waals surface area contributed by atoms with E-state index in [4.69, 9.17) is 4.42 Å². The van der Waals surface area contributed by atoms with Gasteiger partial charge in [0.25, 0.3) is 0 Å². The normalized spacial score (nSPS) is 15.9. The molecule has 0 radical (unpaired) electrons. The van der Waals surface area contributed by atoms with Crippen LogP contribution in [0.25, 0.3) is 22.2 Å². The molecule has 0 saturated heterocycles. The predicted molar refractivity (Wildman–Crippen MR) is 103 cm³/mol. The Hall–Kier alpha value is -2.45. The molecule has 0 spiro atoms. The quantitative estimate of drug-likeness (QED) is 0.702. The summed E-state index contributed by atoms with van der Waals surface area (Å²) in [7, 11) is -1.65. The molecule has 1 fully saturated rings. The highest BCUT2D eigenvalue weighted by atomic mass is 32.2. The molecule has 1 aliphatic rings. The number of oxazole rings is 1. The summed E-state index contributed by atoms with van der Waals surface area (Å²) in [5.41, 5.74) is 3.84. The molecule has 1 aliphatic carbocycles. The molecular weight excluding hydrogens is 366 g/mol. The molecule has 2 aromatic heterocycles. The standard InChI is InChI=1S/C19H21N3O4S/c1-3-27(24,25)21-18(12-4-5-12)15-8-14(10-20-11-15)13-6-7-17-16(9-13)22(2)19(23)26-17/h6-12,18,21H,3-5H2,1-2H3. The van der Waals surface area contributed by atoms with Gasteiger partial charge in [0.1, 0.15) is 0 Å². The zero-order chi connectivity index (χ0) is 19.2. The SMILES string of the molecule is CCS(=O)(=O)NC(c1cncc(-c2ccc3oc(=O)n(C)c3c2)c1)C1CC1. The molecule has 1 N–H and O–H groups in total. The van der Waals surface area contributed by atoms with Gasteiger partial charge in [-0.15, -0.1) is 0 Å². The molecular formula is C19H21N3O4S. The van der Waals surface area contributed by atoms with E-state index in [0.29, 0.717) is 17.0 Å². The summed E-state index contributed by atoms with van der Waals surface area (Å²) < 4.78 is 33.6. The fourth-order valence-electron chi connectivity index (χ4n) is 3.23. The third-order valence-corrected chi connectivity index (χ3v) is 6.40. The van der Waals surface area contributed by atoms with Gasteiger partial charge in [0, 0.05) is 25.0 Å². The summed E-state index contributed by atoms with van der Waals surface area (Å²) in [6.45, 7) is 1.63. The van der Waals surface area contributed by atoms with Crippen LogP contribution in [-0.2, 0) is 17.1 Å². The van der Waals surface area contributed by atoms with Crippen molar-refractivity contribution >= 4 is 21.1 Å². The minimum Gasteiger partial charge on any atom is -0.408 e. The van der Waals surface area contributed by atoms with Crippen molar-refractivity contribution in [2.45, 2.75) is 25.8 Å². The van der Waals surface area contributed by atoms with Crippen LogP contribution in [0.4, 0.5) is 0 Å². The molecule has 0 bridgehead atoms. The second-order valence-electron chi connectivity index (χ2n) is 6.95. The summed E-state index contributed by atoms with van der Waals surface area (Å²) in [5.74, 6) is -0.0496. The maximum Gasteiger partial charge on any atom is 0.419 e. The van der Waals surface area contributed by atoms with Crippen LogP contribution >= 0.6 is 0 Å². The van der Waals surface area contributed by atoms with Crippen molar-refractivity contribution in [1.82, 2.24) is 14.3 Å². The Morgan fingerprint density at radius 1 is 1.26 bits per heavy atom. The van der Waals surface area contributed by atoms with E-state index in [0.717, 1.165) is 29.5 Å². The minimum atomic E-state index is -3.31. The number of nitrogens with one attached hydrogen (secondary N) is 1. The van der Waals surface area contributed by atoms with Crippen LogP contribution in [0.5, 0.6) is 0 Å². The molecule has 0 amide bonds. The number of hydrogen-bond acceptors (Lipinski definition) is 5. The van der Waals surface area contributed by atoms with E-state index in [1.165, 1.54) is 4.57 Å². The van der Waals surface area contributed by atoms with Crippen molar-refractivity contribution < 1.29 is 12.8 Å². The smallest absolute Gasteiger partial charge is 0.408 e. The first-order chi connectivity index (χ1) is 12.9. The monoisotopic (exact) mass is 387 g/mol. The van der Waals surface area contributed by atoms with E-state index in [1.807, 2.05) is 18.2 Å². The first kappa shape index (κ1) is 17.9. The number of nitrogens with zero attached hydrogens (tertiary/aromatic N) is 2. The fraction of sp³-hybridized carbons (Fsp3) is 0.368. The number of aryl methyl sites for hydroxylation is 1. The zero-order valence-electron chi connectivity index (χ0n) is 15.2. The van der Waals surface area contributed by atoms with Gasteiger partial charge in [-0.2, -0.15) is 0 Å². The van der Waals surface area contributed by atoms with Crippen LogP contribution in [0.1, 0.15) is 31.4 Å². The molecule has 1 unspecified atom stereocenters. The number of fused-ring (bicyclic) bond motifs is 1. The van der Waals surface area contributed by atoms with Gasteiger partial charge in [0.2, 0.25) is 10.0 Å². The highest BCUT2D eigenvalue weighted by Gasteiger charge is 2.35. The second-order valence-corrected chi connectivity index (χ2v) is 9.00. The molecule has 7 nitrogen and oxygen atoms in total. The van der Waals surface area contributed by atoms with Gasteiger partial charge < -0.3 is 4.42 Å². The third-order valence-electron chi connectivity index (χ3n) is 5.02. The van der Waals surface area contributed by atoms with Crippen LogP contribution in [0, 0.1) is 5.92 Å². The number of pyridine rings is 1. The summed E-state index contributed by atoms with van der Waals surface area (Å²) in [6, 6.07) is 7.21. The summed E-state index contributed by atoms with van der Waals surface area (Å²) >= 11 is 0. The lowest BCUT2D eigenvalue weighted by Crippen LogP contribution is -2.31. The van der Waals surface area contributed by atoms with Crippen LogP contribution in [-0.4, -0.2) is 23.7 Å². The first-order valence-corrected chi connectivity index (χ1v) is 10.6. The van der Waals surface area contributed by atoms with Crippen LogP contribution < -0.4 is 10.5 Å². The van der Waals surface area contributed by atoms with Crippen molar-refractivity contribution in [2.75, 3.05) is 5.75 Å². The molecule has 0 aliphatic heterocycles. The Balaban J connectivity index is 1.73. The zero-order valence-corrected chi connectivity index (χ0v) is 16.0. The molecule has 2 heterocycles. The molecule has 1 atom stereocenters. The Morgan fingerprint density at radius 2 is 2.04 bits per heavy atom. The molecule has 4 rings (SSSR count). The Labute approximate surface area is 157 Å². The Morgan fingerprint density at radius 3 is 2.74 bits per heavy atom. The van der Waals surface area contributed by atoms with Crippen molar-refractivity contribution in [3.05, 3.63) is 52.8 Å². The van der Waals surface area contributed by atoms with E-state index in [2.05, 4.69) is 9.71 Å². The average molecular weight is 387 g/mol. The third kappa shape index (κ3) is 3.54. The highest BCUT2D eigenvalue weighted by molar-refractivity contribution is 7.89. The van der Waals surface area contributed by atoms with Crippen molar-refractivity contribution in [2.24, 2.45) is 13.0 Å². The van der Waals surface area contributed by atoms with E-state index in [-0.39, 0.29) is 11.8 Å². The van der Waals surface area contributed by atoms with Gasteiger partial charge in [-0.25, -0.2) is 17.9 Å². The highest BCUT2D eigenvalue weighted by Crippen LogP contribution is 2.42. The van der Waals surface area contributed by atoms with Gasteiger partial charge in [-0.1, -0.05) is 6.07 Å². The van der Waals surface area contributed by atoms with Crippen LogP contribution in [0.15, 0.2) is 45.9 Å². The van der Waals surface area contributed by atoms with E-state index in [1.54, 1.807) is 32.4 Å². The number of benzene rings is 1. The first-order valence-electron chi connectivity index (χ1n) is 8.93. The van der Waals surface area contributed by atoms with Crippen LogP contribution in [0.3, 0.4) is 0 Å². The molecule has 8 heteroatoms. The average Bonchev–Trinajstić information content (AvgIpc) is 3.47. The molecule has 1 aromatic carbocycles. The number of rotatable bonds is 6. The number of aromatic nitrogens is 2. The van der Waals surface area contributed by atoms with Crippen LogP contribution in [0.2, 0.25) is 0 Å². The maximum atomic E-state index is 12.1. The van der Waals surface area contributed by atoms with Crippen molar-refractivity contribution in [3.63, 3.8) is 0 Å². The van der Waals surface area contributed by atoms with Gasteiger partial charge in [0.05, 0.1) is 17.3 Å². The van der Waals surface area contributed by atoms with Gasteiger partial charge >= 0.3 is 5.76 Å². The lowest BCUT2D eigenvalue weighted by molar-refractivity contribution is 0.528. The summed E-state index contributed by atoms with van der Waals surface area (Å²) in [4.78, 5) is 16.0. The maximum absolute atomic E-state index is 12.1. The predicted octanol–water partition coefficient (Wildman–Crippen LogP) is 2.58. The van der Waals surface area contributed by atoms with E-state index >= 15 is 0 Å². The molecule has 1 saturated carbocycles. The van der Waals surface area contributed by atoms with Gasteiger partial charge in [-0.3, -0.25) is 9.55 Å². The van der Waals surface area contributed by atoms with Crippen molar-refractivity contribution in [3.8, 4) is 11.1 Å². The Bertz CT molecular complexity index is 1160. The Kier molecular flexibility index (Phi) is 4.39. The molecule has 142 valence electrons. The van der Waals surface area contributed by atoms with Gasteiger partial charge in [0.15, 0.2) is 5.58 Å². The fourth-order valence-corrected chi connectivity index (χ4v) is 4.12. The molecule has 3 aromatic rings. The largest absolute Gasteiger partial charge is 0.419 e. The topological polar surface area (TPSA) is 94.2 Å².